The highest BCUT2D eigenvalue weighted by Gasteiger charge is 1.82. The molecular weight excluding hydrogens is 340 g/mol. The highest BCUT2D eigenvalue weighted by atomic mass is 79.9. The predicted molar refractivity (Wildman–Crippen MR) is 69.5 cm³/mol. The van der Waals surface area contributed by atoms with Gasteiger partial charge in [0.1, 0.15) is 0 Å². The summed E-state index contributed by atoms with van der Waals surface area (Å²) in [5.74, 6) is 0. The third-order valence-electron chi connectivity index (χ3n) is 1.47. The Morgan fingerprint density at radius 2 is 1.19 bits per heavy atom. The standard InChI is InChI=1S/2C5H4BrNO/c2*6-4-1-2-7-5(8)3-4/h2*1-3H,(H,7,8). The van der Waals surface area contributed by atoms with Gasteiger partial charge in [0, 0.05) is 33.5 Å². The van der Waals surface area contributed by atoms with E-state index in [1.54, 1.807) is 24.5 Å². The Hall–Kier alpha value is -1.14. The van der Waals surface area contributed by atoms with Crippen molar-refractivity contribution in [2.75, 3.05) is 0 Å². The average Bonchev–Trinajstić information content (AvgIpc) is 2.17. The van der Waals surface area contributed by atoms with Crippen molar-refractivity contribution in [1.29, 1.82) is 0 Å². The topological polar surface area (TPSA) is 65.7 Å². The Morgan fingerprint density at radius 3 is 1.38 bits per heavy atom. The van der Waals surface area contributed by atoms with E-state index in [0.717, 1.165) is 8.95 Å². The van der Waals surface area contributed by atoms with Gasteiger partial charge in [0.05, 0.1) is 0 Å². The number of rotatable bonds is 0. The van der Waals surface area contributed by atoms with Crippen LogP contribution >= 0.6 is 31.9 Å². The van der Waals surface area contributed by atoms with Gasteiger partial charge >= 0.3 is 0 Å². The van der Waals surface area contributed by atoms with Crippen molar-refractivity contribution in [3.05, 3.63) is 66.3 Å². The minimum absolute atomic E-state index is 0.0839. The van der Waals surface area contributed by atoms with Gasteiger partial charge in [-0.15, -0.1) is 0 Å². The lowest BCUT2D eigenvalue weighted by Crippen LogP contribution is -2.00. The molecule has 0 saturated carbocycles. The van der Waals surface area contributed by atoms with E-state index in [9.17, 15) is 9.59 Å². The van der Waals surface area contributed by atoms with Crippen LogP contribution < -0.4 is 11.1 Å². The summed E-state index contributed by atoms with van der Waals surface area (Å²) >= 11 is 6.28. The fourth-order valence-electron chi connectivity index (χ4n) is 0.837. The minimum Gasteiger partial charge on any atom is -0.329 e. The molecular formula is C10H8Br2N2O2. The zero-order valence-corrected chi connectivity index (χ0v) is 11.2. The summed E-state index contributed by atoms with van der Waals surface area (Å²) in [7, 11) is 0. The van der Waals surface area contributed by atoms with Crippen LogP contribution in [0.3, 0.4) is 0 Å². The van der Waals surface area contributed by atoms with Crippen LogP contribution in [0.2, 0.25) is 0 Å². The van der Waals surface area contributed by atoms with E-state index in [4.69, 9.17) is 0 Å². The van der Waals surface area contributed by atoms with E-state index in [0.29, 0.717) is 0 Å². The number of pyridine rings is 2. The second-order valence-electron chi connectivity index (χ2n) is 2.74. The maximum atomic E-state index is 10.4. The highest BCUT2D eigenvalue weighted by Crippen LogP contribution is 2.01. The first-order valence-corrected chi connectivity index (χ1v) is 5.85. The molecule has 0 bridgehead atoms. The molecule has 0 radical (unpaired) electrons. The molecule has 0 aromatic carbocycles. The first-order valence-electron chi connectivity index (χ1n) is 4.26. The maximum absolute atomic E-state index is 10.4. The normalized spacial score (nSPS) is 9.12. The van der Waals surface area contributed by atoms with Crippen LogP contribution in [0.25, 0.3) is 0 Å². The van der Waals surface area contributed by atoms with Gasteiger partial charge in [-0.1, -0.05) is 31.9 Å². The monoisotopic (exact) mass is 346 g/mol. The van der Waals surface area contributed by atoms with Gasteiger partial charge in [-0.3, -0.25) is 9.59 Å². The largest absolute Gasteiger partial charge is 0.329 e. The first-order chi connectivity index (χ1) is 7.58. The van der Waals surface area contributed by atoms with E-state index < -0.39 is 0 Å². The molecule has 0 aliphatic rings. The number of aromatic nitrogens is 2. The molecule has 0 fully saturated rings. The SMILES string of the molecule is O=c1cc(Br)cc[nH]1.O=c1cc(Br)cc[nH]1. The Bertz CT molecular complexity index is 511. The van der Waals surface area contributed by atoms with Gasteiger partial charge in [0.25, 0.3) is 0 Å². The van der Waals surface area contributed by atoms with E-state index in [1.807, 2.05) is 0 Å². The van der Waals surface area contributed by atoms with Crippen LogP contribution in [0.15, 0.2) is 55.2 Å². The van der Waals surface area contributed by atoms with E-state index in [-0.39, 0.29) is 11.1 Å². The molecule has 0 spiro atoms. The van der Waals surface area contributed by atoms with E-state index in [1.165, 1.54) is 12.1 Å². The lowest BCUT2D eigenvalue weighted by atomic mass is 10.5. The summed E-state index contributed by atoms with van der Waals surface area (Å²) in [6, 6.07) is 6.48. The fraction of sp³-hybridized carbons (Fsp3) is 0. The van der Waals surface area contributed by atoms with Crippen molar-refractivity contribution in [1.82, 2.24) is 9.97 Å². The second-order valence-corrected chi connectivity index (χ2v) is 4.57. The van der Waals surface area contributed by atoms with Crippen molar-refractivity contribution in [3.8, 4) is 0 Å². The lowest BCUT2D eigenvalue weighted by Gasteiger charge is -1.81. The summed E-state index contributed by atoms with van der Waals surface area (Å²) in [5, 5.41) is 0. The van der Waals surface area contributed by atoms with Crippen molar-refractivity contribution in [3.63, 3.8) is 0 Å². The minimum atomic E-state index is -0.0839. The summed E-state index contributed by atoms with van der Waals surface area (Å²) in [6.45, 7) is 0. The number of hydrogen-bond donors (Lipinski definition) is 2. The molecule has 6 heteroatoms. The number of hydrogen-bond acceptors (Lipinski definition) is 2. The molecule has 2 N–H and O–H groups in total. The average molecular weight is 348 g/mol. The van der Waals surface area contributed by atoms with Crippen LogP contribution in [-0.2, 0) is 0 Å². The molecule has 0 atom stereocenters. The van der Waals surface area contributed by atoms with Gasteiger partial charge in [0.15, 0.2) is 0 Å². The molecule has 0 aliphatic heterocycles. The van der Waals surface area contributed by atoms with E-state index >= 15 is 0 Å². The molecule has 0 amide bonds. The van der Waals surface area contributed by atoms with Gasteiger partial charge in [-0.2, -0.15) is 0 Å². The Kier molecular flexibility index (Phi) is 5.21. The predicted octanol–water partition coefficient (Wildman–Crippen LogP) is 2.27. The number of H-pyrrole nitrogens is 2. The molecule has 0 aliphatic carbocycles. The Morgan fingerprint density at radius 1 is 0.812 bits per heavy atom. The smallest absolute Gasteiger partial charge is 0.249 e. The third kappa shape index (κ3) is 5.09. The molecule has 16 heavy (non-hydrogen) atoms. The first kappa shape index (κ1) is 12.9. The van der Waals surface area contributed by atoms with Gasteiger partial charge in [-0.25, -0.2) is 0 Å². The Balaban J connectivity index is 0.000000160. The number of halogens is 2. The molecule has 0 unspecified atom stereocenters. The van der Waals surface area contributed by atoms with Crippen molar-refractivity contribution < 1.29 is 0 Å². The van der Waals surface area contributed by atoms with Crippen LogP contribution in [0.5, 0.6) is 0 Å². The summed E-state index contributed by atoms with van der Waals surface area (Å²) in [6.07, 6.45) is 3.18. The van der Waals surface area contributed by atoms with Crippen LogP contribution in [-0.4, -0.2) is 9.97 Å². The lowest BCUT2D eigenvalue weighted by molar-refractivity contribution is 1.23. The van der Waals surface area contributed by atoms with Crippen LogP contribution in [0.4, 0.5) is 0 Å². The molecule has 0 saturated heterocycles. The van der Waals surface area contributed by atoms with E-state index in [2.05, 4.69) is 41.8 Å². The molecule has 2 aromatic heterocycles. The maximum Gasteiger partial charge on any atom is 0.249 e. The summed E-state index contributed by atoms with van der Waals surface area (Å²) < 4.78 is 1.61. The third-order valence-corrected chi connectivity index (χ3v) is 2.46. The van der Waals surface area contributed by atoms with Crippen molar-refractivity contribution in [2.24, 2.45) is 0 Å². The fourth-order valence-corrected chi connectivity index (χ4v) is 1.52. The van der Waals surface area contributed by atoms with Gasteiger partial charge in [0.2, 0.25) is 11.1 Å². The molecule has 2 aromatic rings. The van der Waals surface area contributed by atoms with Crippen LogP contribution in [0.1, 0.15) is 0 Å². The zero-order valence-electron chi connectivity index (χ0n) is 8.04. The second kappa shape index (κ2) is 6.44. The molecule has 84 valence electrons. The van der Waals surface area contributed by atoms with Gasteiger partial charge in [-0.05, 0) is 12.1 Å². The number of nitrogens with one attached hydrogen (secondary N) is 2. The summed E-state index contributed by atoms with van der Waals surface area (Å²) in [4.78, 5) is 25.8. The van der Waals surface area contributed by atoms with Crippen molar-refractivity contribution >= 4 is 31.9 Å². The molecule has 2 rings (SSSR count). The number of aromatic amines is 2. The van der Waals surface area contributed by atoms with Gasteiger partial charge < -0.3 is 9.97 Å². The van der Waals surface area contributed by atoms with Crippen molar-refractivity contribution in [2.45, 2.75) is 0 Å². The summed E-state index contributed by atoms with van der Waals surface area (Å²) in [5.41, 5.74) is -0.168. The Labute approximate surface area is 108 Å². The molecule has 2 heterocycles. The quantitative estimate of drug-likeness (QED) is 0.767. The highest BCUT2D eigenvalue weighted by molar-refractivity contribution is 9.10. The van der Waals surface area contributed by atoms with Crippen LogP contribution in [0, 0.1) is 0 Å². The zero-order chi connectivity index (χ0) is 12.0. The molecule has 4 nitrogen and oxygen atoms in total.